The summed E-state index contributed by atoms with van der Waals surface area (Å²) < 4.78 is 0. The summed E-state index contributed by atoms with van der Waals surface area (Å²) in [7, 11) is 0. The van der Waals surface area contributed by atoms with Gasteiger partial charge in [-0.05, 0) is 27.2 Å². The fraction of sp³-hybridized carbons (Fsp3) is 1.00. The smallest absolute Gasteiger partial charge is 0.0664 e. The number of unbranched alkanes of at least 4 members (excludes halogenated alkanes) is 11. The standard InChI is InChI=1S/C20H43NO/c1-5-6-7-8-9-10-11-12-13-14-15-16-17-19(22)18-21-20(2,3)4/h19,21-22H,5-18H2,1-4H3. The number of β-amino-alcohol motifs (C(OH)–C–C–N with tert-alkyl or cyclic N) is 1. The lowest BCUT2D eigenvalue weighted by atomic mass is 10.0. The highest BCUT2D eigenvalue weighted by Crippen LogP contribution is 2.13. The number of hydrogen-bond donors (Lipinski definition) is 2. The first-order chi connectivity index (χ1) is 10.5. The van der Waals surface area contributed by atoms with Crippen molar-refractivity contribution in [3.05, 3.63) is 0 Å². The molecule has 0 aromatic rings. The van der Waals surface area contributed by atoms with Crippen LogP contribution in [0.5, 0.6) is 0 Å². The third kappa shape index (κ3) is 18.0. The van der Waals surface area contributed by atoms with Gasteiger partial charge in [-0.1, -0.05) is 84.0 Å². The summed E-state index contributed by atoms with van der Waals surface area (Å²) >= 11 is 0. The minimum atomic E-state index is -0.178. The van der Waals surface area contributed by atoms with Crippen LogP contribution in [0.4, 0.5) is 0 Å². The minimum absolute atomic E-state index is 0.109. The molecule has 0 spiro atoms. The van der Waals surface area contributed by atoms with Crippen LogP contribution in [0.1, 0.15) is 111 Å². The van der Waals surface area contributed by atoms with E-state index in [1.807, 2.05) is 0 Å². The second-order valence-corrected chi connectivity index (χ2v) is 7.96. The maximum Gasteiger partial charge on any atom is 0.0664 e. The lowest BCUT2D eigenvalue weighted by molar-refractivity contribution is 0.148. The van der Waals surface area contributed by atoms with Crippen LogP contribution in [0.3, 0.4) is 0 Å². The molecule has 0 amide bonds. The number of hydrogen-bond acceptors (Lipinski definition) is 2. The van der Waals surface area contributed by atoms with Crippen LogP contribution in [-0.2, 0) is 0 Å². The number of aliphatic hydroxyl groups excluding tert-OH is 1. The molecule has 0 saturated carbocycles. The van der Waals surface area contributed by atoms with E-state index in [0.29, 0.717) is 0 Å². The van der Waals surface area contributed by atoms with Gasteiger partial charge in [0.25, 0.3) is 0 Å². The summed E-state index contributed by atoms with van der Waals surface area (Å²) in [5, 5.41) is 13.3. The molecule has 1 atom stereocenters. The van der Waals surface area contributed by atoms with E-state index in [-0.39, 0.29) is 11.6 Å². The van der Waals surface area contributed by atoms with Crippen LogP contribution in [0.2, 0.25) is 0 Å². The molecule has 0 aromatic carbocycles. The second-order valence-electron chi connectivity index (χ2n) is 7.96. The summed E-state index contributed by atoms with van der Waals surface area (Å²) in [6.45, 7) is 9.43. The summed E-state index contributed by atoms with van der Waals surface area (Å²) in [4.78, 5) is 0. The summed E-state index contributed by atoms with van der Waals surface area (Å²) in [6, 6.07) is 0. The van der Waals surface area contributed by atoms with Crippen LogP contribution in [0.15, 0.2) is 0 Å². The van der Waals surface area contributed by atoms with Crippen molar-refractivity contribution >= 4 is 0 Å². The van der Waals surface area contributed by atoms with Gasteiger partial charge >= 0.3 is 0 Å². The van der Waals surface area contributed by atoms with E-state index in [0.717, 1.165) is 13.0 Å². The summed E-state index contributed by atoms with van der Waals surface area (Å²) in [5.74, 6) is 0. The van der Waals surface area contributed by atoms with Gasteiger partial charge in [0.15, 0.2) is 0 Å². The molecule has 0 saturated heterocycles. The molecule has 0 radical (unpaired) electrons. The van der Waals surface area contributed by atoms with Crippen LogP contribution in [0.25, 0.3) is 0 Å². The normalized spacial score (nSPS) is 13.5. The van der Waals surface area contributed by atoms with Crippen molar-refractivity contribution in [2.45, 2.75) is 123 Å². The quantitative estimate of drug-likeness (QED) is 0.373. The third-order valence-corrected chi connectivity index (χ3v) is 4.26. The largest absolute Gasteiger partial charge is 0.392 e. The zero-order valence-electron chi connectivity index (χ0n) is 15.9. The molecule has 2 nitrogen and oxygen atoms in total. The first-order valence-corrected chi connectivity index (χ1v) is 9.89. The third-order valence-electron chi connectivity index (χ3n) is 4.26. The molecule has 2 N–H and O–H groups in total. The Morgan fingerprint density at radius 3 is 1.55 bits per heavy atom. The molecule has 0 aromatic heterocycles. The Hall–Kier alpha value is -0.0800. The molecule has 0 heterocycles. The molecule has 0 aliphatic heterocycles. The number of rotatable bonds is 15. The predicted octanol–water partition coefficient (Wildman–Crippen LogP) is 5.83. The molecule has 2 heteroatoms. The van der Waals surface area contributed by atoms with E-state index in [9.17, 15) is 5.11 Å². The molecule has 0 rings (SSSR count). The zero-order valence-corrected chi connectivity index (χ0v) is 15.9. The van der Waals surface area contributed by atoms with Gasteiger partial charge in [-0.3, -0.25) is 0 Å². The average molecular weight is 314 g/mol. The van der Waals surface area contributed by atoms with Crippen molar-refractivity contribution in [3.63, 3.8) is 0 Å². The number of nitrogens with one attached hydrogen (secondary N) is 1. The van der Waals surface area contributed by atoms with E-state index >= 15 is 0 Å². The molecule has 22 heavy (non-hydrogen) atoms. The maximum absolute atomic E-state index is 9.91. The lowest BCUT2D eigenvalue weighted by Gasteiger charge is -2.22. The Morgan fingerprint density at radius 1 is 0.727 bits per heavy atom. The first-order valence-electron chi connectivity index (χ1n) is 9.89. The second kappa shape index (κ2) is 14.5. The fourth-order valence-corrected chi connectivity index (χ4v) is 2.75. The van der Waals surface area contributed by atoms with Gasteiger partial charge in [-0.15, -0.1) is 0 Å². The van der Waals surface area contributed by atoms with Crippen molar-refractivity contribution in [2.75, 3.05) is 6.54 Å². The fourth-order valence-electron chi connectivity index (χ4n) is 2.75. The van der Waals surface area contributed by atoms with Gasteiger partial charge in [0, 0.05) is 12.1 Å². The van der Waals surface area contributed by atoms with Gasteiger partial charge in [0.2, 0.25) is 0 Å². The van der Waals surface area contributed by atoms with Gasteiger partial charge in [-0.2, -0.15) is 0 Å². The molecular formula is C20H43NO. The molecule has 0 fully saturated rings. The Labute approximate surface area is 140 Å². The van der Waals surface area contributed by atoms with E-state index in [4.69, 9.17) is 0 Å². The monoisotopic (exact) mass is 313 g/mol. The van der Waals surface area contributed by atoms with E-state index in [2.05, 4.69) is 33.0 Å². The van der Waals surface area contributed by atoms with E-state index in [1.165, 1.54) is 77.0 Å². The molecule has 134 valence electrons. The van der Waals surface area contributed by atoms with Crippen molar-refractivity contribution in [1.29, 1.82) is 0 Å². The minimum Gasteiger partial charge on any atom is -0.392 e. The maximum atomic E-state index is 9.91. The average Bonchev–Trinajstić information content (AvgIpc) is 2.45. The van der Waals surface area contributed by atoms with Crippen LogP contribution in [-0.4, -0.2) is 23.3 Å². The highest BCUT2D eigenvalue weighted by atomic mass is 16.3. The topological polar surface area (TPSA) is 32.3 Å². The zero-order chi connectivity index (χ0) is 16.7. The van der Waals surface area contributed by atoms with Crippen molar-refractivity contribution in [2.24, 2.45) is 0 Å². The highest BCUT2D eigenvalue weighted by Gasteiger charge is 2.11. The van der Waals surface area contributed by atoms with E-state index < -0.39 is 0 Å². The van der Waals surface area contributed by atoms with Crippen LogP contribution in [0, 0.1) is 0 Å². The van der Waals surface area contributed by atoms with Gasteiger partial charge in [0.05, 0.1) is 6.10 Å². The van der Waals surface area contributed by atoms with Crippen LogP contribution < -0.4 is 5.32 Å². The highest BCUT2D eigenvalue weighted by molar-refractivity contribution is 4.72. The van der Waals surface area contributed by atoms with Gasteiger partial charge in [0.1, 0.15) is 0 Å². The van der Waals surface area contributed by atoms with Crippen molar-refractivity contribution in [3.8, 4) is 0 Å². The summed E-state index contributed by atoms with van der Waals surface area (Å²) in [6.07, 6.45) is 17.3. The Kier molecular flexibility index (Phi) is 14.5. The van der Waals surface area contributed by atoms with Crippen molar-refractivity contribution in [1.82, 2.24) is 5.32 Å². The molecule has 0 aliphatic carbocycles. The lowest BCUT2D eigenvalue weighted by Crippen LogP contribution is -2.40. The number of aliphatic hydroxyl groups is 1. The molecule has 0 bridgehead atoms. The predicted molar refractivity (Wildman–Crippen MR) is 99.5 cm³/mol. The molecular weight excluding hydrogens is 270 g/mol. The SMILES string of the molecule is CCCCCCCCCCCCCCC(O)CNC(C)(C)C. The summed E-state index contributed by atoms with van der Waals surface area (Å²) in [5.41, 5.74) is 0.109. The molecule has 1 unspecified atom stereocenters. The Balaban J connectivity index is 3.17. The molecule has 0 aliphatic rings. The first kappa shape index (κ1) is 21.9. The van der Waals surface area contributed by atoms with Gasteiger partial charge < -0.3 is 10.4 Å². The van der Waals surface area contributed by atoms with Gasteiger partial charge in [-0.25, -0.2) is 0 Å². The Bertz CT molecular complexity index is 222. The Morgan fingerprint density at radius 2 is 1.14 bits per heavy atom. The van der Waals surface area contributed by atoms with Crippen LogP contribution >= 0.6 is 0 Å². The van der Waals surface area contributed by atoms with E-state index in [1.54, 1.807) is 0 Å². The van der Waals surface area contributed by atoms with Crippen molar-refractivity contribution < 1.29 is 5.11 Å².